The van der Waals surface area contributed by atoms with E-state index >= 15 is 0 Å². The number of fused-ring (bicyclic) bond motifs is 3. The van der Waals surface area contributed by atoms with Crippen LogP contribution in [0.1, 0.15) is 0 Å². The number of pyridine rings is 2. The number of nitrogens with two attached hydrogens (primary N) is 1. The van der Waals surface area contributed by atoms with Crippen LogP contribution in [-0.2, 0) is 4.74 Å². The molecule has 6 nitrogen and oxygen atoms in total. The second-order valence-corrected chi connectivity index (χ2v) is 4.19. The summed E-state index contributed by atoms with van der Waals surface area (Å²) in [7, 11) is 1.64. The van der Waals surface area contributed by atoms with Crippen molar-refractivity contribution in [2.45, 2.75) is 0 Å². The second-order valence-electron chi connectivity index (χ2n) is 4.19. The third kappa shape index (κ3) is 2.17. The van der Waals surface area contributed by atoms with Gasteiger partial charge in [0.25, 0.3) is 0 Å². The Morgan fingerprint density at radius 1 is 1.16 bits per heavy atom. The molecule has 0 aliphatic rings. The predicted octanol–water partition coefficient (Wildman–Crippen LogP) is 1.72. The van der Waals surface area contributed by atoms with E-state index in [0.29, 0.717) is 24.8 Å². The smallest absolute Gasteiger partial charge is 0.138 e. The summed E-state index contributed by atoms with van der Waals surface area (Å²) in [6.45, 7) is 1.04. The molecule has 3 rings (SSSR count). The van der Waals surface area contributed by atoms with Crippen molar-refractivity contribution in [3.05, 3.63) is 24.5 Å². The van der Waals surface area contributed by atoms with Gasteiger partial charge in [0, 0.05) is 17.9 Å². The van der Waals surface area contributed by atoms with E-state index in [4.69, 9.17) is 15.2 Å². The molecule has 0 saturated heterocycles. The molecule has 0 bridgehead atoms. The zero-order chi connectivity index (χ0) is 13.2. The van der Waals surface area contributed by atoms with Crippen LogP contribution in [0.4, 0.5) is 5.82 Å². The van der Waals surface area contributed by atoms with Gasteiger partial charge in [-0.15, -0.1) is 0 Å². The summed E-state index contributed by atoms with van der Waals surface area (Å²) >= 11 is 0. The average Bonchev–Trinajstić information content (AvgIpc) is 2.77. The fourth-order valence-electron chi connectivity index (χ4n) is 1.99. The molecule has 98 valence electrons. The number of nitrogen functional groups attached to an aromatic ring is 1. The van der Waals surface area contributed by atoms with Crippen molar-refractivity contribution in [2.75, 3.05) is 26.1 Å². The summed E-state index contributed by atoms with van der Waals surface area (Å²) in [5.74, 6) is 1.19. The quantitative estimate of drug-likeness (QED) is 0.696. The highest BCUT2D eigenvalue weighted by Gasteiger charge is 2.07. The molecule has 3 heterocycles. The number of nitrogens with zero attached hydrogens (tertiary/aromatic N) is 2. The molecule has 19 heavy (non-hydrogen) atoms. The van der Waals surface area contributed by atoms with E-state index < -0.39 is 0 Å². The van der Waals surface area contributed by atoms with Gasteiger partial charge in [-0.2, -0.15) is 0 Å². The number of hydrogen-bond donors (Lipinski definition) is 2. The van der Waals surface area contributed by atoms with Crippen molar-refractivity contribution < 1.29 is 9.47 Å². The SMILES string of the molecule is COCCOc1cnc2[nH]c3cnc(N)cc3c2c1. The minimum atomic E-state index is 0.485. The first-order valence-corrected chi connectivity index (χ1v) is 5.92. The molecular weight excluding hydrogens is 244 g/mol. The van der Waals surface area contributed by atoms with Crippen molar-refractivity contribution in [3.63, 3.8) is 0 Å². The second kappa shape index (κ2) is 4.74. The molecule has 0 unspecified atom stereocenters. The number of ether oxygens (including phenoxy) is 2. The van der Waals surface area contributed by atoms with Gasteiger partial charge in [0.15, 0.2) is 0 Å². The molecule has 0 amide bonds. The van der Waals surface area contributed by atoms with Gasteiger partial charge < -0.3 is 20.2 Å². The normalized spacial score (nSPS) is 11.2. The first kappa shape index (κ1) is 11.7. The summed E-state index contributed by atoms with van der Waals surface area (Å²) in [5, 5.41) is 1.96. The molecule has 0 aliphatic carbocycles. The highest BCUT2D eigenvalue weighted by atomic mass is 16.5. The topological polar surface area (TPSA) is 86.0 Å². The highest BCUT2D eigenvalue weighted by molar-refractivity contribution is 6.06. The Morgan fingerprint density at radius 3 is 2.89 bits per heavy atom. The van der Waals surface area contributed by atoms with Gasteiger partial charge in [-0.3, -0.25) is 0 Å². The lowest BCUT2D eigenvalue weighted by atomic mass is 10.2. The Bertz CT molecular complexity index is 723. The number of rotatable bonds is 4. The Hall–Kier alpha value is -2.34. The van der Waals surface area contributed by atoms with Crippen LogP contribution in [0.5, 0.6) is 5.75 Å². The van der Waals surface area contributed by atoms with Gasteiger partial charge in [-0.25, -0.2) is 9.97 Å². The first-order valence-electron chi connectivity index (χ1n) is 5.92. The maximum absolute atomic E-state index is 5.72. The van der Waals surface area contributed by atoms with Crippen molar-refractivity contribution >= 4 is 27.8 Å². The van der Waals surface area contributed by atoms with E-state index in [1.165, 1.54) is 0 Å². The minimum Gasteiger partial charge on any atom is -0.490 e. The molecule has 3 aromatic rings. The Morgan fingerprint density at radius 2 is 2.05 bits per heavy atom. The number of methoxy groups -OCH3 is 1. The van der Waals surface area contributed by atoms with E-state index in [1.807, 2.05) is 12.1 Å². The molecule has 0 aliphatic heterocycles. The summed E-state index contributed by atoms with van der Waals surface area (Å²) in [6, 6.07) is 3.77. The molecule has 3 aromatic heterocycles. The molecular formula is C13H14N4O2. The first-order chi connectivity index (χ1) is 9.28. The van der Waals surface area contributed by atoms with E-state index in [2.05, 4.69) is 15.0 Å². The van der Waals surface area contributed by atoms with E-state index in [9.17, 15) is 0 Å². The van der Waals surface area contributed by atoms with Crippen LogP contribution in [0, 0.1) is 0 Å². The summed E-state index contributed by atoms with van der Waals surface area (Å²) in [6.07, 6.45) is 3.39. The lowest BCUT2D eigenvalue weighted by Crippen LogP contribution is -2.04. The van der Waals surface area contributed by atoms with Crippen LogP contribution < -0.4 is 10.5 Å². The van der Waals surface area contributed by atoms with Crippen molar-refractivity contribution in [3.8, 4) is 5.75 Å². The van der Waals surface area contributed by atoms with Crippen LogP contribution >= 0.6 is 0 Å². The highest BCUT2D eigenvalue weighted by Crippen LogP contribution is 2.27. The fourth-order valence-corrected chi connectivity index (χ4v) is 1.99. The van der Waals surface area contributed by atoms with E-state index in [1.54, 1.807) is 19.5 Å². The Balaban J connectivity index is 2.05. The maximum Gasteiger partial charge on any atom is 0.138 e. The number of H-pyrrole nitrogens is 1. The number of aromatic amines is 1. The monoisotopic (exact) mass is 258 g/mol. The zero-order valence-corrected chi connectivity index (χ0v) is 10.5. The van der Waals surface area contributed by atoms with Gasteiger partial charge >= 0.3 is 0 Å². The minimum absolute atomic E-state index is 0.485. The summed E-state index contributed by atoms with van der Waals surface area (Å²) in [5.41, 5.74) is 7.42. The standard InChI is InChI=1S/C13H14N4O2/c1-18-2-3-19-8-4-10-9-5-12(14)15-7-11(9)17-13(10)16-6-8/h4-7H,2-3H2,1H3,(H2,14,15)(H,16,17). The predicted molar refractivity (Wildman–Crippen MR) is 73.2 cm³/mol. The molecule has 3 N–H and O–H groups in total. The number of anilines is 1. The molecule has 0 saturated carbocycles. The lowest BCUT2D eigenvalue weighted by Gasteiger charge is -2.04. The van der Waals surface area contributed by atoms with Crippen LogP contribution in [0.15, 0.2) is 24.5 Å². The Kier molecular flexibility index (Phi) is 2.92. The largest absolute Gasteiger partial charge is 0.490 e. The molecule has 6 heteroatoms. The van der Waals surface area contributed by atoms with Gasteiger partial charge in [-0.05, 0) is 12.1 Å². The molecule has 0 aromatic carbocycles. The van der Waals surface area contributed by atoms with Crippen LogP contribution in [0.3, 0.4) is 0 Å². The number of nitrogens with one attached hydrogen (secondary N) is 1. The lowest BCUT2D eigenvalue weighted by molar-refractivity contribution is 0.146. The van der Waals surface area contributed by atoms with E-state index in [0.717, 1.165) is 21.9 Å². The molecule has 0 radical (unpaired) electrons. The van der Waals surface area contributed by atoms with Crippen molar-refractivity contribution in [1.82, 2.24) is 15.0 Å². The van der Waals surface area contributed by atoms with Crippen LogP contribution in [-0.4, -0.2) is 35.3 Å². The van der Waals surface area contributed by atoms with Gasteiger partial charge in [-0.1, -0.05) is 0 Å². The molecule has 0 spiro atoms. The van der Waals surface area contributed by atoms with Gasteiger partial charge in [0.1, 0.15) is 23.8 Å². The van der Waals surface area contributed by atoms with Crippen LogP contribution in [0.2, 0.25) is 0 Å². The third-order valence-electron chi connectivity index (χ3n) is 2.89. The zero-order valence-electron chi connectivity index (χ0n) is 10.5. The summed E-state index contributed by atoms with van der Waals surface area (Å²) < 4.78 is 10.5. The van der Waals surface area contributed by atoms with Crippen molar-refractivity contribution in [2.24, 2.45) is 0 Å². The summed E-state index contributed by atoms with van der Waals surface area (Å²) in [4.78, 5) is 11.6. The molecule has 0 fully saturated rings. The molecule has 0 atom stereocenters. The number of aromatic nitrogens is 3. The van der Waals surface area contributed by atoms with E-state index in [-0.39, 0.29) is 0 Å². The van der Waals surface area contributed by atoms with Gasteiger partial charge in [0.05, 0.1) is 24.5 Å². The number of hydrogen-bond acceptors (Lipinski definition) is 5. The fraction of sp³-hybridized carbons (Fsp3) is 0.231. The third-order valence-corrected chi connectivity index (χ3v) is 2.89. The Labute approximate surface area is 109 Å². The van der Waals surface area contributed by atoms with Gasteiger partial charge in [0.2, 0.25) is 0 Å². The van der Waals surface area contributed by atoms with Crippen LogP contribution in [0.25, 0.3) is 21.9 Å². The average molecular weight is 258 g/mol. The van der Waals surface area contributed by atoms with Crippen molar-refractivity contribution in [1.29, 1.82) is 0 Å². The maximum atomic E-state index is 5.72.